The van der Waals surface area contributed by atoms with E-state index in [1.54, 1.807) is 0 Å². The zero-order valence-electron chi connectivity index (χ0n) is 13.0. The fourth-order valence-electron chi connectivity index (χ4n) is 1.94. The van der Waals surface area contributed by atoms with Crippen molar-refractivity contribution in [3.05, 3.63) is 29.8 Å². The van der Waals surface area contributed by atoms with Gasteiger partial charge in [0.15, 0.2) is 0 Å². The Hall–Kier alpha value is -1.39. The Balaban J connectivity index is 2.39. The number of carbonyl (C=O) groups is 1. The highest BCUT2D eigenvalue weighted by molar-refractivity contribution is 5.90. The molecule has 0 aliphatic carbocycles. The summed E-state index contributed by atoms with van der Waals surface area (Å²) in [6.07, 6.45) is 0.506. The maximum atomic E-state index is 11.9. The van der Waals surface area contributed by atoms with Gasteiger partial charge < -0.3 is 16.0 Å². The van der Waals surface area contributed by atoms with E-state index in [-0.39, 0.29) is 5.91 Å². The van der Waals surface area contributed by atoms with Crippen molar-refractivity contribution in [2.45, 2.75) is 39.8 Å². The van der Waals surface area contributed by atoms with Gasteiger partial charge in [-0.15, -0.1) is 0 Å². The lowest BCUT2D eigenvalue weighted by atomic mass is 10.1. The van der Waals surface area contributed by atoms with E-state index < -0.39 is 0 Å². The number of nitrogens with one attached hydrogen (secondary N) is 1. The van der Waals surface area contributed by atoms with Crippen LogP contribution >= 0.6 is 0 Å². The average molecular weight is 277 g/mol. The predicted octanol–water partition coefficient (Wildman–Crippen LogP) is 2.45. The Morgan fingerprint density at radius 2 is 1.85 bits per heavy atom. The topological polar surface area (TPSA) is 58.4 Å². The second kappa shape index (κ2) is 8.02. The SMILES string of the molecule is CC(C)C(C)N(C)CCC(=O)Nc1ccc(CN)cc1. The molecule has 0 saturated carbocycles. The molecule has 0 aliphatic heterocycles. The van der Waals surface area contributed by atoms with Gasteiger partial charge in [0.2, 0.25) is 5.91 Å². The first-order valence-electron chi connectivity index (χ1n) is 7.23. The van der Waals surface area contributed by atoms with E-state index in [1.165, 1.54) is 0 Å². The number of nitrogens with two attached hydrogens (primary N) is 1. The number of anilines is 1. The van der Waals surface area contributed by atoms with Gasteiger partial charge in [-0.3, -0.25) is 4.79 Å². The van der Waals surface area contributed by atoms with Crippen LogP contribution in [-0.2, 0) is 11.3 Å². The second-order valence-electron chi connectivity index (χ2n) is 5.66. The third-order valence-electron chi connectivity index (χ3n) is 3.83. The molecule has 0 spiro atoms. The fraction of sp³-hybridized carbons (Fsp3) is 0.562. The summed E-state index contributed by atoms with van der Waals surface area (Å²) in [5.41, 5.74) is 7.43. The van der Waals surface area contributed by atoms with Crippen LogP contribution in [-0.4, -0.2) is 30.4 Å². The van der Waals surface area contributed by atoms with Crippen LogP contribution in [0.2, 0.25) is 0 Å². The Labute approximate surface area is 122 Å². The van der Waals surface area contributed by atoms with Crippen LogP contribution < -0.4 is 11.1 Å². The molecular formula is C16H27N3O. The molecule has 0 saturated heterocycles. The molecule has 0 aliphatic rings. The van der Waals surface area contributed by atoms with Gasteiger partial charge in [-0.2, -0.15) is 0 Å². The van der Waals surface area contributed by atoms with Crippen molar-refractivity contribution in [2.75, 3.05) is 18.9 Å². The molecule has 0 aromatic heterocycles. The molecule has 0 bridgehead atoms. The summed E-state index contributed by atoms with van der Waals surface area (Å²) in [5.74, 6) is 0.639. The van der Waals surface area contributed by atoms with Gasteiger partial charge in [0.05, 0.1) is 0 Å². The number of amides is 1. The van der Waals surface area contributed by atoms with Crippen LogP contribution in [0.3, 0.4) is 0 Å². The molecule has 0 fully saturated rings. The summed E-state index contributed by atoms with van der Waals surface area (Å²) in [6, 6.07) is 8.12. The van der Waals surface area contributed by atoms with E-state index in [1.807, 2.05) is 24.3 Å². The van der Waals surface area contributed by atoms with Crippen LogP contribution in [0.5, 0.6) is 0 Å². The van der Waals surface area contributed by atoms with Crippen molar-refractivity contribution in [2.24, 2.45) is 11.7 Å². The van der Waals surface area contributed by atoms with Gasteiger partial charge in [-0.05, 0) is 37.6 Å². The first-order chi connectivity index (χ1) is 9.43. The summed E-state index contributed by atoms with van der Waals surface area (Å²) >= 11 is 0. The summed E-state index contributed by atoms with van der Waals surface area (Å²) in [7, 11) is 2.06. The van der Waals surface area contributed by atoms with E-state index in [0.29, 0.717) is 24.9 Å². The second-order valence-corrected chi connectivity index (χ2v) is 5.66. The van der Waals surface area contributed by atoms with Gasteiger partial charge in [0.25, 0.3) is 0 Å². The molecule has 1 unspecified atom stereocenters. The average Bonchev–Trinajstić information content (AvgIpc) is 2.44. The quantitative estimate of drug-likeness (QED) is 0.805. The Kier molecular flexibility index (Phi) is 6.68. The van der Waals surface area contributed by atoms with Crippen LogP contribution in [0.1, 0.15) is 32.8 Å². The zero-order valence-corrected chi connectivity index (χ0v) is 13.0. The number of hydrogen-bond acceptors (Lipinski definition) is 3. The molecule has 0 heterocycles. The van der Waals surface area contributed by atoms with E-state index >= 15 is 0 Å². The summed E-state index contributed by atoms with van der Waals surface area (Å²) in [6.45, 7) is 7.87. The standard InChI is InChI=1S/C16H27N3O/c1-12(2)13(3)19(4)10-9-16(20)18-15-7-5-14(11-17)6-8-15/h5-8,12-13H,9-11,17H2,1-4H3,(H,18,20). The first-order valence-corrected chi connectivity index (χ1v) is 7.23. The molecule has 0 radical (unpaired) electrons. The minimum atomic E-state index is 0.0494. The van der Waals surface area contributed by atoms with Crippen molar-refractivity contribution in [3.63, 3.8) is 0 Å². The van der Waals surface area contributed by atoms with Crippen molar-refractivity contribution in [1.29, 1.82) is 0 Å². The highest BCUT2D eigenvalue weighted by Crippen LogP contribution is 2.11. The van der Waals surface area contributed by atoms with E-state index in [2.05, 4.69) is 38.0 Å². The van der Waals surface area contributed by atoms with Crippen molar-refractivity contribution >= 4 is 11.6 Å². The van der Waals surface area contributed by atoms with Crippen molar-refractivity contribution in [1.82, 2.24) is 4.90 Å². The van der Waals surface area contributed by atoms with Crippen LogP contribution in [0.4, 0.5) is 5.69 Å². The lowest BCUT2D eigenvalue weighted by molar-refractivity contribution is -0.116. The number of hydrogen-bond donors (Lipinski definition) is 2. The van der Waals surface area contributed by atoms with E-state index in [9.17, 15) is 4.79 Å². The highest BCUT2D eigenvalue weighted by atomic mass is 16.1. The van der Waals surface area contributed by atoms with Crippen LogP contribution in [0.25, 0.3) is 0 Å². The minimum absolute atomic E-state index is 0.0494. The summed E-state index contributed by atoms with van der Waals surface area (Å²) in [4.78, 5) is 14.1. The molecule has 1 aromatic carbocycles. The first kappa shape index (κ1) is 16.7. The van der Waals surface area contributed by atoms with Crippen LogP contribution in [0, 0.1) is 5.92 Å². The number of rotatable bonds is 7. The maximum absolute atomic E-state index is 11.9. The summed E-state index contributed by atoms with van der Waals surface area (Å²) in [5, 5.41) is 2.91. The highest BCUT2D eigenvalue weighted by Gasteiger charge is 2.14. The normalized spacial score (nSPS) is 12.8. The summed E-state index contributed by atoms with van der Waals surface area (Å²) < 4.78 is 0. The van der Waals surface area contributed by atoms with Gasteiger partial charge >= 0.3 is 0 Å². The van der Waals surface area contributed by atoms with Gasteiger partial charge in [-0.25, -0.2) is 0 Å². The Morgan fingerprint density at radius 3 is 2.35 bits per heavy atom. The minimum Gasteiger partial charge on any atom is -0.326 e. The Bertz CT molecular complexity index is 414. The van der Waals surface area contributed by atoms with E-state index in [4.69, 9.17) is 5.73 Å². The van der Waals surface area contributed by atoms with Gasteiger partial charge in [0.1, 0.15) is 0 Å². The third-order valence-corrected chi connectivity index (χ3v) is 3.83. The zero-order chi connectivity index (χ0) is 15.1. The smallest absolute Gasteiger partial charge is 0.225 e. The van der Waals surface area contributed by atoms with E-state index in [0.717, 1.165) is 17.8 Å². The van der Waals surface area contributed by atoms with Gasteiger partial charge in [-0.1, -0.05) is 26.0 Å². The van der Waals surface area contributed by atoms with Crippen LogP contribution in [0.15, 0.2) is 24.3 Å². The van der Waals surface area contributed by atoms with Crippen molar-refractivity contribution < 1.29 is 4.79 Å². The third kappa shape index (κ3) is 5.31. The molecule has 1 amide bonds. The lowest BCUT2D eigenvalue weighted by Gasteiger charge is -2.27. The largest absolute Gasteiger partial charge is 0.326 e. The molecule has 1 atom stereocenters. The molecule has 4 nitrogen and oxygen atoms in total. The molecule has 20 heavy (non-hydrogen) atoms. The maximum Gasteiger partial charge on any atom is 0.225 e. The number of benzene rings is 1. The Morgan fingerprint density at radius 1 is 1.25 bits per heavy atom. The molecule has 1 rings (SSSR count). The molecule has 112 valence electrons. The molecule has 3 N–H and O–H groups in total. The van der Waals surface area contributed by atoms with Gasteiger partial charge in [0, 0.05) is 31.2 Å². The number of nitrogens with zero attached hydrogens (tertiary/aromatic N) is 1. The predicted molar refractivity (Wildman–Crippen MR) is 84.5 cm³/mol. The monoisotopic (exact) mass is 277 g/mol. The molecule has 4 heteroatoms. The molecular weight excluding hydrogens is 250 g/mol. The lowest BCUT2D eigenvalue weighted by Crippen LogP contribution is -2.35. The number of carbonyl (C=O) groups excluding carboxylic acids is 1. The van der Waals surface area contributed by atoms with Crippen molar-refractivity contribution in [3.8, 4) is 0 Å². The fourth-order valence-corrected chi connectivity index (χ4v) is 1.94. The molecule has 1 aromatic rings.